The Morgan fingerprint density at radius 1 is 1.56 bits per heavy atom. The minimum atomic E-state index is -0.635. The van der Waals surface area contributed by atoms with Gasteiger partial charge in [0.2, 0.25) is 0 Å². The number of ether oxygens (including phenoxy) is 1. The number of benzene rings is 1. The molecule has 0 fully saturated rings. The van der Waals surface area contributed by atoms with Gasteiger partial charge in [0.05, 0.1) is 24.0 Å². The summed E-state index contributed by atoms with van der Waals surface area (Å²) in [7, 11) is 1.24. The number of para-hydroxylation sites is 1. The minimum Gasteiger partial charge on any atom is -0.463 e. The van der Waals surface area contributed by atoms with Crippen molar-refractivity contribution in [2.24, 2.45) is 0 Å². The second-order valence-electron chi connectivity index (χ2n) is 3.35. The predicted molar refractivity (Wildman–Crippen MR) is 61.8 cm³/mol. The average molecular weight is 243 g/mol. The quantitative estimate of drug-likeness (QED) is 0.608. The van der Waals surface area contributed by atoms with Crippen LogP contribution in [-0.4, -0.2) is 27.8 Å². The van der Waals surface area contributed by atoms with Gasteiger partial charge in [-0.05, 0) is 12.1 Å². The van der Waals surface area contributed by atoms with Crippen LogP contribution in [0.4, 0.5) is 5.69 Å². The molecule has 0 atom stereocenters. The Hall–Kier alpha value is -2.88. The Morgan fingerprint density at radius 2 is 2.33 bits per heavy atom. The van der Waals surface area contributed by atoms with Crippen LogP contribution in [0.3, 0.4) is 0 Å². The molecule has 2 N–H and O–H groups in total. The van der Waals surface area contributed by atoms with Gasteiger partial charge in [0.1, 0.15) is 12.4 Å². The number of nitrogen functional groups attached to an aromatic ring is 1. The first-order valence-corrected chi connectivity index (χ1v) is 4.96. The first-order valence-electron chi connectivity index (χ1n) is 4.96. The smallest absolute Gasteiger partial charge is 0.377 e. The first-order chi connectivity index (χ1) is 8.67. The molecule has 2 rings (SSSR count). The van der Waals surface area contributed by atoms with Gasteiger partial charge in [-0.25, -0.2) is 14.5 Å². The fourth-order valence-corrected chi connectivity index (χ4v) is 1.41. The number of carbonyl (C=O) groups is 1. The lowest BCUT2D eigenvalue weighted by Crippen LogP contribution is -2.06. The normalized spacial score (nSPS) is 9.78. The number of esters is 1. The van der Waals surface area contributed by atoms with E-state index >= 15 is 0 Å². The lowest BCUT2D eigenvalue weighted by molar-refractivity contribution is 0.0587. The van der Waals surface area contributed by atoms with Crippen LogP contribution >= 0.6 is 0 Å². The summed E-state index contributed by atoms with van der Waals surface area (Å²) in [5.41, 5.74) is 6.91. The van der Waals surface area contributed by atoms with Crippen LogP contribution in [0.5, 0.6) is 0 Å². The summed E-state index contributed by atoms with van der Waals surface area (Å²) in [6.45, 7) is 0. The number of hydrogen-bond donors (Lipinski definition) is 1. The molecule has 0 amide bonds. The molecule has 0 unspecified atom stereocenters. The first kappa shape index (κ1) is 11.6. The van der Waals surface area contributed by atoms with Crippen LogP contribution in [0.2, 0.25) is 0 Å². The lowest BCUT2D eigenvalue weighted by atomic mass is 10.1. The maximum atomic E-state index is 11.2. The van der Waals surface area contributed by atoms with Gasteiger partial charge in [-0.15, -0.1) is 5.10 Å². The van der Waals surface area contributed by atoms with Crippen LogP contribution in [0, 0.1) is 11.3 Å². The van der Waals surface area contributed by atoms with E-state index in [-0.39, 0.29) is 11.5 Å². The standard InChI is InChI=1S/C11H9N5O2/c1-18-11(17)10-14-6-16(15-10)8-4-2-3-7(5-12)9(8)13/h2-4,6H,13H2,1H3. The number of methoxy groups -OCH3 is 1. The molecule has 0 spiro atoms. The Morgan fingerprint density at radius 3 is 3.00 bits per heavy atom. The molecule has 1 aromatic heterocycles. The fraction of sp³-hybridized carbons (Fsp3) is 0.0909. The van der Waals surface area contributed by atoms with Gasteiger partial charge in [0, 0.05) is 0 Å². The predicted octanol–water partition coefficient (Wildman–Crippen LogP) is 0.508. The number of carbonyl (C=O) groups excluding carboxylic acids is 1. The van der Waals surface area contributed by atoms with Crippen LogP contribution < -0.4 is 5.73 Å². The molecule has 0 saturated heterocycles. The Labute approximate surface area is 102 Å². The molecule has 0 bridgehead atoms. The van der Waals surface area contributed by atoms with Crippen molar-refractivity contribution in [3.63, 3.8) is 0 Å². The number of anilines is 1. The highest BCUT2D eigenvalue weighted by Gasteiger charge is 2.14. The second kappa shape index (κ2) is 4.55. The van der Waals surface area contributed by atoms with Crippen LogP contribution in [-0.2, 0) is 4.74 Å². The van der Waals surface area contributed by atoms with Gasteiger partial charge in [-0.1, -0.05) is 6.07 Å². The zero-order valence-corrected chi connectivity index (χ0v) is 9.49. The highest BCUT2D eigenvalue weighted by atomic mass is 16.5. The highest BCUT2D eigenvalue weighted by molar-refractivity contribution is 5.84. The number of aromatic nitrogens is 3. The number of hydrogen-bond acceptors (Lipinski definition) is 6. The van der Waals surface area contributed by atoms with Gasteiger partial charge in [-0.2, -0.15) is 5.26 Å². The van der Waals surface area contributed by atoms with E-state index < -0.39 is 5.97 Å². The van der Waals surface area contributed by atoms with E-state index in [2.05, 4.69) is 14.8 Å². The SMILES string of the molecule is COC(=O)c1ncn(-c2cccc(C#N)c2N)n1. The molecule has 0 aliphatic heterocycles. The minimum absolute atomic E-state index is 0.0701. The van der Waals surface area contributed by atoms with Crippen molar-refractivity contribution in [2.75, 3.05) is 12.8 Å². The van der Waals surface area contributed by atoms with Gasteiger partial charge in [0.15, 0.2) is 0 Å². The second-order valence-corrected chi connectivity index (χ2v) is 3.35. The molecule has 0 saturated carbocycles. The molecule has 0 aliphatic carbocycles. The topological polar surface area (TPSA) is 107 Å². The van der Waals surface area contributed by atoms with E-state index in [1.807, 2.05) is 6.07 Å². The molecule has 2 aromatic rings. The van der Waals surface area contributed by atoms with E-state index in [9.17, 15) is 4.79 Å². The molecule has 0 aliphatic rings. The Balaban J connectivity index is 2.47. The van der Waals surface area contributed by atoms with E-state index in [0.717, 1.165) is 0 Å². The molecule has 7 nitrogen and oxygen atoms in total. The monoisotopic (exact) mass is 243 g/mol. The number of nitrogens with two attached hydrogens (primary N) is 1. The molecule has 1 heterocycles. The summed E-state index contributed by atoms with van der Waals surface area (Å²) in [6.07, 6.45) is 1.33. The van der Waals surface area contributed by atoms with Gasteiger partial charge in [0.25, 0.3) is 5.82 Å². The third-order valence-corrected chi connectivity index (χ3v) is 2.31. The van der Waals surface area contributed by atoms with Crippen LogP contribution in [0.25, 0.3) is 5.69 Å². The van der Waals surface area contributed by atoms with E-state index in [1.54, 1.807) is 18.2 Å². The molecule has 90 valence electrons. The summed E-state index contributed by atoms with van der Waals surface area (Å²) < 4.78 is 5.82. The Bertz CT molecular complexity index is 641. The van der Waals surface area contributed by atoms with E-state index in [0.29, 0.717) is 11.3 Å². The molecule has 7 heteroatoms. The van der Waals surface area contributed by atoms with Gasteiger partial charge >= 0.3 is 5.97 Å². The van der Waals surface area contributed by atoms with Crippen molar-refractivity contribution in [1.29, 1.82) is 5.26 Å². The maximum absolute atomic E-state index is 11.2. The zero-order chi connectivity index (χ0) is 13.1. The largest absolute Gasteiger partial charge is 0.463 e. The van der Waals surface area contributed by atoms with Gasteiger partial charge < -0.3 is 10.5 Å². The fourth-order valence-electron chi connectivity index (χ4n) is 1.41. The third-order valence-electron chi connectivity index (χ3n) is 2.31. The average Bonchev–Trinajstić information content (AvgIpc) is 2.87. The van der Waals surface area contributed by atoms with Crippen molar-refractivity contribution < 1.29 is 9.53 Å². The summed E-state index contributed by atoms with van der Waals surface area (Å²) in [5, 5.41) is 12.8. The Kier molecular flexibility index (Phi) is 2.93. The van der Waals surface area contributed by atoms with Crippen molar-refractivity contribution >= 4 is 11.7 Å². The van der Waals surface area contributed by atoms with E-state index in [4.69, 9.17) is 11.0 Å². The van der Waals surface area contributed by atoms with Crippen molar-refractivity contribution in [3.05, 3.63) is 35.9 Å². The highest BCUT2D eigenvalue weighted by Crippen LogP contribution is 2.19. The molecular formula is C11H9N5O2. The number of nitrogens with zero attached hydrogens (tertiary/aromatic N) is 4. The van der Waals surface area contributed by atoms with Crippen LogP contribution in [0.1, 0.15) is 16.2 Å². The van der Waals surface area contributed by atoms with Crippen LogP contribution in [0.15, 0.2) is 24.5 Å². The summed E-state index contributed by atoms with van der Waals surface area (Å²) >= 11 is 0. The molecular weight excluding hydrogens is 234 g/mol. The van der Waals surface area contributed by atoms with Gasteiger partial charge in [-0.3, -0.25) is 0 Å². The summed E-state index contributed by atoms with van der Waals surface area (Å²) in [6, 6.07) is 6.91. The maximum Gasteiger partial charge on any atom is 0.377 e. The molecule has 1 aromatic carbocycles. The zero-order valence-electron chi connectivity index (χ0n) is 9.49. The number of rotatable bonds is 2. The number of nitriles is 1. The third kappa shape index (κ3) is 1.87. The molecule has 0 radical (unpaired) electrons. The van der Waals surface area contributed by atoms with Crippen molar-refractivity contribution in [2.45, 2.75) is 0 Å². The summed E-state index contributed by atoms with van der Waals surface area (Å²) in [4.78, 5) is 15.0. The molecule has 18 heavy (non-hydrogen) atoms. The van der Waals surface area contributed by atoms with Crippen molar-refractivity contribution in [3.8, 4) is 11.8 Å². The van der Waals surface area contributed by atoms with Crippen molar-refractivity contribution in [1.82, 2.24) is 14.8 Å². The lowest BCUT2D eigenvalue weighted by Gasteiger charge is -2.05. The summed E-state index contributed by atoms with van der Waals surface area (Å²) in [5.74, 6) is -0.706. The van der Waals surface area contributed by atoms with E-state index in [1.165, 1.54) is 18.1 Å².